The molecule has 0 bridgehead atoms. The first-order valence-electron chi connectivity index (χ1n) is 34.1. The maximum atomic E-state index is 12.1. The SMILES string of the molecule is Cc1ccc(CNC(=O)c2csc(Nc3ccncn3)n2)cc1.O=C(NCc1ccccc1)c1csc(Nc2ccccc2)n1.O=C(NCc1ccccc1)c1csc(Nc2ccccn2)n1.O=C(NCc1ccccc1)c1csc(Nc2ccncc2)n1.O=C(NCc1ccccc1)c1csc(Nc2ccncn2)n1. The van der Waals surface area contributed by atoms with Gasteiger partial charge in [-0.2, -0.15) is 0 Å². The Morgan fingerprint density at radius 2 is 0.550 bits per heavy atom. The molecule has 0 aliphatic rings. The van der Waals surface area contributed by atoms with Crippen LogP contribution in [0.1, 0.15) is 85.8 Å². The average Bonchev–Trinajstić information content (AvgIpc) is 1.76. The topological polar surface area (TPSA) is 347 Å². The zero-order chi connectivity index (χ0) is 76.9. The van der Waals surface area contributed by atoms with Crippen molar-refractivity contribution in [2.75, 3.05) is 26.6 Å². The Kier molecular flexibility index (Phi) is 30.1. The lowest BCUT2D eigenvalue weighted by atomic mass is 10.1. The summed E-state index contributed by atoms with van der Waals surface area (Å²) in [5.74, 6) is 1.06. The predicted molar refractivity (Wildman–Crippen MR) is 439 cm³/mol. The largest absolute Gasteiger partial charge is 0.347 e. The summed E-state index contributed by atoms with van der Waals surface area (Å²) in [6, 6.07) is 69.6. The Morgan fingerprint density at radius 1 is 0.270 bits per heavy atom. The van der Waals surface area contributed by atoms with Crippen molar-refractivity contribution >= 4 is 141 Å². The summed E-state index contributed by atoms with van der Waals surface area (Å²) in [5.41, 5.74) is 10.3. The number of hydrogen-bond donors (Lipinski definition) is 10. The number of carbonyl (C=O) groups is 5. The molecule has 0 unspecified atom stereocenters. The van der Waals surface area contributed by atoms with E-state index in [-0.39, 0.29) is 29.5 Å². The van der Waals surface area contributed by atoms with E-state index in [1.165, 1.54) is 74.9 Å². The molecule has 15 aromatic rings. The first-order valence-corrected chi connectivity index (χ1v) is 38.5. The molecule has 111 heavy (non-hydrogen) atoms. The molecule has 5 amide bonds. The summed E-state index contributed by atoms with van der Waals surface area (Å²) in [6.07, 6.45) is 11.3. The molecule has 6 aromatic carbocycles. The van der Waals surface area contributed by atoms with Gasteiger partial charge in [-0.3, -0.25) is 29.0 Å². The zero-order valence-corrected chi connectivity index (χ0v) is 63.3. The van der Waals surface area contributed by atoms with Crippen molar-refractivity contribution in [1.82, 2.24) is 81.4 Å². The number of carbonyl (C=O) groups excluding carboxylic acids is 5. The van der Waals surface area contributed by atoms with Crippen LogP contribution in [0.15, 0.2) is 289 Å². The summed E-state index contributed by atoms with van der Waals surface area (Å²) in [7, 11) is 0. The van der Waals surface area contributed by atoms with Crippen LogP contribution in [0, 0.1) is 6.92 Å². The second-order valence-corrected chi connectivity index (χ2v) is 27.5. The summed E-state index contributed by atoms with van der Waals surface area (Å²) in [5, 5.41) is 41.7. The van der Waals surface area contributed by atoms with Crippen LogP contribution in [-0.2, 0) is 32.7 Å². The number of rotatable bonds is 25. The smallest absolute Gasteiger partial charge is 0.271 e. The van der Waals surface area contributed by atoms with Gasteiger partial charge < -0.3 is 53.2 Å². The van der Waals surface area contributed by atoms with E-state index in [0.29, 0.717) is 104 Å². The summed E-state index contributed by atoms with van der Waals surface area (Å²) < 4.78 is 0. The highest BCUT2D eigenvalue weighted by Gasteiger charge is 2.16. The first-order chi connectivity index (χ1) is 54.4. The van der Waals surface area contributed by atoms with Crippen LogP contribution < -0.4 is 53.2 Å². The van der Waals surface area contributed by atoms with Crippen LogP contribution in [0.5, 0.6) is 0 Å². The summed E-state index contributed by atoms with van der Waals surface area (Å²) >= 11 is 6.88. The van der Waals surface area contributed by atoms with Crippen LogP contribution >= 0.6 is 56.7 Å². The minimum atomic E-state index is -0.198. The molecule has 0 fully saturated rings. The van der Waals surface area contributed by atoms with Gasteiger partial charge in [0.15, 0.2) is 25.7 Å². The molecule has 9 heterocycles. The maximum Gasteiger partial charge on any atom is 0.271 e. The van der Waals surface area contributed by atoms with Gasteiger partial charge in [-0.1, -0.05) is 175 Å². The second kappa shape index (κ2) is 42.6. The molecular weight excluding hydrogens is 1500 g/mol. The van der Waals surface area contributed by atoms with Crippen LogP contribution in [0.3, 0.4) is 0 Å². The molecule has 0 atom stereocenters. The number of nitrogens with zero attached hydrogens (tertiary/aromatic N) is 11. The maximum absolute atomic E-state index is 12.1. The number of aromatic nitrogens is 11. The minimum absolute atomic E-state index is 0.166. The van der Waals surface area contributed by atoms with E-state index in [4.69, 9.17) is 0 Å². The average molecular weight is 1570 g/mol. The van der Waals surface area contributed by atoms with Gasteiger partial charge in [-0.15, -0.1) is 56.7 Å². The third-order valence-corrected chi connectivity index (χ3v) is 18.7. The van der Waals surface area contributed by atoms with Gasteiger partial charge in [0.25, 0.3) is 29.5 Å². The van der Waals surface area contributed by atoms with Crippen molar-refractivity contribution in [3.05, 3.63) is 351 Å². The van der Waals surface area contributed by atoms with Crippen molar-refractivity contribution in [3.63, 3.8) is 0 Å². The van der Waals surface area contributed by atoms with E-state index in [0.717, 1.165) is 39.2 Å². The third-order valence-electron chi connectivity index (χ3n) is 14.9. The molecule has 0 spiro atoms. The van der Waals surface area contributed by atoms with E-state index < -0.39 is 0 Å². The monoisotopic (exact) mass is 1570 g/mol. The fraction of sp³-hybridized carbons (Fsp3) is 0.0750. The molecule has 26 nitrogen and oxygen atoms in total. The van der Waals surface area contributed by atoms with E-state index in [1.807, 2.05) is 213 Å². The van der Waals surface area contributed by atoms with Crippen molar-refractivity contribution in [1.29, 1.82) is 0 Å². The molecule has 0 saturated carbocycles. The lowest BCUT2D eigenvalue weighted by molar-refractivity contribution is 0.0939. The van der Waals surface area contributed by atoms with Gasteiger partial charge in [0.2, 0.25) is 0 Å². The predicted octanol–water partition coefficient (Wildman–Crippen LogP) is 15.8. The number of thiazole rings is 5. The Bertz CT molecular complexity index is 4770. The van der Waals surface area contributed by atoms with Gasteiger partial charge in [0.1, 0.15) is 58.6 Å². The third kappa shape index (κ3) is 26.9. The number of anilines is 10. The zero-order valence-electron chi connectivity index (χ0n) is 59.3. The number of nitrogens with one attached hydrogen (secondary N) is 10. The van der Waals surface area contributed by atoms with Crippen molar-refractivity contribution in [2.45, 2.75) is 39.6 Å². The Balaban J connectivity index is 0.000000137. The second-order valence-electron chi connectivity index (χ2n) is 23.2. The molecule has 0 aliphatic heterocycles. The van der Waals surface area contributed by atoms with E-state index in [9.17, 15) is 24.0 Å². The number of para-hydroxylation sites is 1. The van der Waals surface area contributed by atoms with Gasteiger partial charge in [0, 0.05) is 102 Å². The quantitative estimate of drug-likeness (QED) is 0.0254. The summed E-state index contributed by atoms with van der Waals surface area (Å²) in [6.45, 7) is 4.46. The molecule has 15 rings (SSSR count). The number of pyridine rings is 2. The molecule has 0 saturated heterocycles. The van der Waals surface area contributed by atoms with Gasteiger partial charge in [-0.25, -0.2) is 49.8 Å². The van der Waals surface area contributed by atoms with Crippen LogP contribution in [0.2, 0.25) is 0 Å². The van der Waals surface area contributed by atoms with E-state index in [1.54, 1.807) is 70.0 Å². The normalized spacial score (nSPS) is 10.2. The highest BCUT2D eigenvalue weighted by atomic mass is 32.1. The fourth-order valence-corrected chi connectivity index (χ4v) is 12.8. The highest BCUT2D eigenvalue weighted by molar-refractivity contribution is 7.15. The minimum Gasteiger partial charge on any atom is -0.347 e. The highest BCUT2D eigenvalue weighted by Crippen LogP contribution is 2.25. The molecule has 556 valence electrons. The number of aryl methyl sites for hydroxylation is 1. The lowest BCUT2D eigenvalue weighted by Gasteiger charge is -2.04. The number of amides is 5. The van der Waals surface area contributed by atoms with Crippen molar-refractivity contribution in [3.8, 4) is 0 Å². The number of hydrogen-bond acceptors (Lipinski definition) is 26. The van der Waals surface area contributed by atoms with Gasteiger partial charge in [-0.05, 0) is 83.3 Å². The Morgan fingerprint density at radius 3 is 0.856 bits per heavy atom. The lowest BCUT2D eigenvalue weighted by Crippen LogP contribution is -2.23. The standard InChI is InChI=1S/C17H15N3OS.C16H15N5OS.2C16H14N4OS.C15H13N5OS/c21-16(18-11-13-7-3-1-4-8-13)15-12-22-17(20-15)19-14-9-5-2-6-10-14;1-11-2-4-12(5-3-11)8-18-15(22)13-9-23-16(20-13)21-14-6-7-17-10-19-14;21-15(18-10-12-6-2-1-3-7-12)13-11-22-16(19-13)20-14-8-4-5-9-17-14;21-15(18-10-12-4-2-1-3-5-12)14-11-22-16(20-14)19-13-6-8-17-9-7-13;21-14(17-8-11-4-2-1-3-5-11)12-9-22-15(19-12)20-13-6-7-16-10-18-13/h1-10,12H,11H2,(H,18,21)(H,19,20);2-7,9-10H,8H2,1H3,(H,18,22)(H,17,19,20,21);2*1-9,11H,10H2,(H,18,21)(H,17,19,20);1-7,9-10H,8H2,(H,17,21)(H,16,18,19,20). The molecule has 10 N–H and O–H groups in total. The Labute approximate surface area is 658 Å². The van der Waals surface area contributed by atoms with Gasteiger partial charge in [0.05, 0.1) is 0 Å². The molecule has 0 radical (unpaired) electrons. The van der Waals surface area contributed by atoms with Crippen molar-refractivity contribution < 1.29 is 24.0 Å². The van der Waals surface area contributed by atoms with Crippen LogP contribution in [0.4, 0.5) is 54.5 Å². The molecule has 9 aromatic heterocycles. The van der Waals surface area contributed by atoms with Crippen molar-refractivity contribution in [2.24, 2.45) is 0 Å². The van der Waals surface area contributed by atoms with E-state index >= 15 is 0 Å². The van der Waals surface area contributed by atoms with E-state index in [2.05, 4.69) is 108 Å². The number of benzene rings is 6. The van der Waals surface area contributed by atoms with Crippen LogP contribution in [-0.4, -0.2) is 84.4 Å². The molecule has 0 aliphatic carbocycles. The fourth-order valence-electron chi connectivity index (χ4n) is 9.33. The molecule has 31 heteroatoms. The summed E-state index contributed by atoms with van der Waals surface area (Å²) in [4.78, 5) is 106. The van der Waals surface area contributed by atoms with Crippen LogP contribution in [0.25, 0.3) is 0 Å². The Hall–Kier alpha value is -13.7. The van der Waals surface area contributed by atoms with Gasteiger partial charge >= 0.3 is 0 Å². The first kappa shape index (κ1) is 78.4. The molecular formula is C80H71N21O5S5.